The fourth-order valence-corrected chi connectivity index (χ4v) is 2.57. The Morgan fingerprint density at radius 1 is 1.45 bits per heavy atom. The third kappa shape index (κ3) is 3.45. The summed E-state index contributed by atoms with van der Waals surface area (Å²) in [7, 11) is 0. The first-order valence-corrected chi connectivity index (χ1v) is 7.23. The molecule has 1 aliphatic rings. The molecule has 1 aromatic rings. The van der Waals surface area contributed by atoms with E-state index in [0.717, 1.165) is 0 Å². The van der Waals surface area contributed by atoms with Crippen LogP contribution in [0, 0.1) is 5.92 Å². The van der Waals surface area contributed by atoms with E-state index in [2.05, 4.69) is 22.5 Å². The maximum Gasteiger partial charge on any atom is 0.344 e. The number of hydrogen-bond donors (Lipinski definition) is 0. The van der Waals surface area contributed by atoms with E-state index in [1.165, 1.54) is 6.08 Å². The maximum atomic E-state index is 12.0. The van der Waals surface area contributed by atoms with Gasteiger partial charge in [-0.2, -0.15) is 0 Å². The van der Waals surface area contributed by atoms with E-state index in [0.29, 0.717) is 35.1 Å². The highest BCUT2D eigenvalue weighted by Crippen LogP contribution is 2.26. The lowest BCUT2D eigenvalue weighted by molar-refractivity contribution is -0.119. The van der Waals surface area contributed by atoms with Gasteiger partial charge >= 0.3 is 5.97 Å². The number of rotatable bonds is 4. The Morgan fingerprint density at radius 2 is 2.20 bits per heavy atom. The Bertz CT molecular complexity index is 575. The molecule has 0 aromatic heterocycles. The third-order valence-electron chi connectivity index (χ3n) is 3.21. The molecule has 0 radical (unpaired) electrons. The average Bonchev–Trinajstić information content (AvgIpc) is 2.42. The number of ether oxygens (including phenoxy) is 1. The zero-order valence-corrected chi connectivity index (χ0v) is 12.6. The van der Waals surface area contributed by atoms with Gasteiger partial charge in [0.05, 0.1) is 5.56 Å². The van der Waals surface area contributed by atoms with Crippen molar-refractivity contribution in [3.8, 4) is 0 Å². The van der Waals surface area contributed by atoms with Crippen LogP contribution in [0.1, 0.15) is 29.6 Å². The van der Waals surface area contributed by atoms with E-state index in [1.807, 2.05) is 6.07 Å². The van der Waals surface area contributed by atoms with Crippen LogP contribution in [0.25, 0.3) is 0 Å². The van der Waals surface area contributed by atoms with Crippen LogP contribution in [0.5, 0.6) is 0 Å². The lowest BCUT2D eigenvalue weighted by Gasteiger charge is -2.19. The quantitative estimate of drug-likeness (QED) is 0.616. The van der Waals surface area contributed by atoms with Crippen LogP contribution in [0.15, 0.2) is 53.2 Å². The van der Waals surface area contributed by atoms with Crippen molar-refractivity contribution in [1.82, 2.24) is 0 Å². The molecule has 0 bridgehead atoms. The average molecular weight is 335 g/mol. The van der Waals surface area contributed by atoms with Crippen molar-refractivity contribution < 1.29 is 14.3 Å². The lowest BCUT2D eigenvalue weighted by atomic mass is 9.89. The van der Waals surface area contributed by atoms with E-state index in [9.17, 15) is 9.59 Å². The molecule has 1 unspecified atom stereocenters. The Kier molecular flexibility index (Phi) is 4.90. The molecule has 0 amide bonds. The van der Waals surface area contributed by atoms with Crippen LogP contribution in [0.3, 0.4) is 0 Å². The second-order valence-corrected chi connectivity index (χ2v) is 5.50. The SMILES string of the molecule is C=CCC1CCC(OC(=O)c2ccccc2Br)=CC1=O. The molecule has 1 aliphatic carbocycles. The summed E-state index contributed by atoms with van der Waals surface area (Å²) in [4.78, 5) is 23.9. The fraction of sp³-hybridized carbons (Fsp3) is 0.250. The van der Waals surface area contributed by atoms with Crippen LogP contribution in [-0.2, 0) is 9.53 Å². The number of esters is 1. The van der Waals surface area contributed by atoms with Crippen LogP contribution >= 0.6 is 15.9 Å². The van der Waals surface area contributed by atoms with Crippen LogP contribution in [-0.4, -0.2) is 11.8 Å². The standard InChI is InChI=1S/C16H15BrO3/c1-2-5-11-8-9-12(10-15(11)18)20-16(19)13-6-3-4-7-14(13)17/h2-4,6-7,10-11H,1,5,8-9H2. The highest BCUT2D eigenvalue weighted by molar-refractivity contribution is 9.10. The minimum atomic E-state index is -0.446. The molecular weight excluding hydrogens is 320 g/mol. The molecule has 0 aliphatic heterocycles. The number of allylic oxidation sites excluding steroid dienone is 3. The van der Waals surface area contributed by atoms with Crippen molar-refractivity contribution in [2.45, 2.75) is 19.3 Å². The zero-order chi connectivity index (χ0) is 14.5. The third-order valence-corrected chi connectivity index (χ3v) is 3.91. The van der Waals surface area contributed by atoms with E-state index in [4.69, 9.17) is 4.74 Å². The van der Waals surface area contributed by atoms with Gasteiger partial charge in [0.2, 0.25) is 0 Å². The Morgan fingerprint density at radius 3 is 2.85 bits per heavy atom. The van der Waals surface area contributed by atoms with Crippen LogP contribution in [0.2, 0.25) is 0 Å². The minimum absolute atomic E-state index is 0.00563. The predicted molar refractivity (Wildman–Crippen MR) is 80.2 cm³/mol. The van der Waals surface area contributed by atoms with Crippen LogP contribution in [0.4, 0.5) is 0 Å². The van der Waals surface area contributed by atoms with Crippen molar-refractivity contribution in [2.75, 3.05) is 0 Å². The predicted octanol–water partition coefficient (Wildman–Crippen LogP) is 4.05. The number of halogens is 1. The molecule has 1 atom stereocenters. The van der Waals surface area contributed by atoms with E-state index in [-0.39, 0.29) is 11.7 Å². The van der Waals surface area contributed by atoms with Gasteiger partial charge in [-0.15, -0.1) is 6.58 Å². The molecule has 3 nitrogen and oxygen atoms in total. The Hall–Kier alpha value is -1.68. The van der Waals surface area contributed by atoms with Crippen molar-refractivity contribution >= 4 is 27.7 Å². The summed E-state index contributed by atoms with van der Waals surface area (Å²) in [5.41, 5.74) is 0.453. The molecule has 2 rings (SSSR count). The smallest absolute Gasteiger partial charge is 0.344 e. The van der Waals surface area contributed by atoms with Crippen LogP contribution < -0.4 is 0 Å². The highest BCUT2D eigenvalue weighted by Gasteiger charge is 2.24. The molecule has 0 saturated carbocycles. The lowest BCUT2D eigenvalue weighted by Crippen LogP contribution is -2.19. The first kappa shape index (κ1) is 14.7. The molecule has 4 heteroatoms. The first-order valence-electron chi connectivity index (χ1n) is 6.44. The van der Waals surface area contributed by atoms with Gasteiger partial charge in [0.1, 0.15) is 5.76 Å². The summed E-state index contributed by atoms with van der Waals surface area (Å²) in [5.74, 6) is -0.0285. The summed E-state index contributed by atoms with van der Waals surface area (Å²) < 4.78 is 5.98. The van der Waals surface area contributed by atoms with Gasteiger partial charge in [0.15, 0.2) is 5.78 Å². The molecule has 1 aromatic carbocycles. The second-order valence-electron chi connectivity index (χ2n) is 4.64. The van der Waals surface area contributed by atoms with Gasteiger partial charge < -0.3 is 4.74 Å². The molecule has 0 fully saturated rings. The monoisotopic (exact) mass is 334 g/mol. The first-order chi connectivity index (χ1) is 9.61. The van der Waals surface area contributed by atoms with Gasteiger partial charge in [0.25, 0.3) is 0 Å². The molecule has 104 valence electrons. The summed E-state index contributed by atoms with van der Waals surface area (Å²) in [5, 5.41) is 0. The minimum Gasteiger partial charge on any atom is -0.427 e. The summed E-state index contributed by atoms with van der Waals surface area (Å²) in [6.45, 7) is 3.64. The zero-order valence-electron chi connectivity index (χ0n) is 11.0. The largest absolute Gasteiger partial charge is 0.427 e. The topological polar surface area (TPSA) is 43.4 Å². The van der Waals surface area contributed by atoms with E-state index < -0.39 is 5.97 Å². The van der Waals surface area contributed by atoms with Crippen molar-refractivity contribution in [1.29, 1.82) is 0 Å². The Balaban J connectivity index is 2.06. The maximum absolute atomic E-state index is 12.0. The van der Waals surface area contributed by atoms with Gasteiger partial charge in [-0.05, 0) is 40.9 Å². The highest BCUT2D eigenvalue weighted by atomic mass is 79.9. The van der Waals surface area contributed by atoms with Crippen molar-refractivity contribution in [3.05, 3.63) is 58.8 Å². The number of carbonyl (C=O) groups excluding carboxylic acids is 2. The number of ketones is 1. The summed E-state index contributed by atoms with van der Waals surface area (Å²) in [6, 6.07) is 7.04. The molecular formula is C16H15BrO3. The molecule has 0 spiro atoms. The molecule has 0 heterocycles. The van der Waals surface area contributed by atoms with Gasteiger partial charge in [-0.25, -0.2) is 4.79 Å². The molecule has 0 N–H and O–H groups in total. The fourth-order valence-electron chi connectivity index (χ4n) is 2.12. The molecule has 0 saturated heterocycles. The van der Waals surface area contributed by atoms with Crippen molar-refractivity contribution in [2.24, 2.45) is 5.92 Å². The normalized spacial score (nSPS) is 18.4. The van der Waals surface area contributed by atoms with Gasteiger partial charge in [0, 0.05) is 22.9 Å². The number of carbonyl (C=O) groups is 2. The number of benzene rings is 1. The van der Waals surface area contributed by atoms with Gasteiger partial charge in [-0.3, -0.25) is 4.79 Å². The summed E-state index contributed by atoms with van der Waals surface area (Å²) in [6.07, 6.45) is 5.14. The van der Waals surface area contributed by atoms with Gasteiger partial charge in [-0.1, -0.05) is 18.2 Å². The van der Waals surface area contributed by atoms with E-state index in [1.54, 1.807) is 24.3 Å². The second kappa shape index (κ2) is 6.66. The van der Waals surface area contributed by atoms with Crippen molar-refractivity contribution in [3.63, 3.8) is 0 Å². The van der Waals surface area contributed by atoms with E-state index >= 15 is 0 Å². The number of hydrogen-bond acceptors (Lipinski definition) is 3. The Labute approximate surface area is 126 Å². The summed E-state index contributed by atoms with van der Waals surface area (Å²) >= 11 is 3.31. The molecule has 20 heavy (non-hydrogen) atoms.